The van der Waals surface area contributed by atoms with E-state index in [9.17, 15) is 19.5 Å². The molecular formula is C28H41N5O4. The number of unbranched alkanes of at least 4 members (excludes halogenated alkanes) is 1. The third kappa shape index (κ3) is 10.2. The molecular weight excluding hydrogens is 470 g/mol. The van der Waals surface area contributed by atoms with Crippen LogP contribution in [0.1, 0.15) is 50.7 Å². The molecule has 0 saturated carbocycles. The van der Waals surface area contributed by atoms with Gasteiger partial charge in [-0.3, -0.25) is 14.4 Å². The fourth-order valence-corrected chi connectivity index (χ4v) is 3.85. The van der Waals surface area contributed by atoms with Crippen LogP contribution in [-0.4, -0.2) is 47.5 Å². The van der Waals surface area contributed by atoms with Gasteiger partial charge in [-0.1, -0.05) is 69.2 Å². The molecule has 2 aromatic carbocycles. The molecule has 0 spiro atoms. The molecule has 0 saturated heterocycles. The standard InChI is InChI=1S/C28H41N5O4/c1-3-19(2)25(28(37)31-18-21-9-5-4-6-10-21)33-27(36)24(17-20-12-14-22(34)15-13-20)32-26(35)23(30)11-7-8-16-29/h4-6,9-10,12-15,19,23-25,34H,3,7-8,11,16-18,29-30H2,1-2H3,(H,31,37)(H,32,35)(H,33,36)/t19-,23-,24-,25-/m0/s1. The first-order valence-corrected chi connectivity index (χ1v) is 12.9. The average molecular weight is 512 g/mol. The number of aromatic hydroxyl groups is 1. The number of hydrogen-bond donors (Lipinski definition) is 6. The Labute approximate surface area is 219 Å². The predicted octanol–water partition coefficient (Wildman–Crippen LogP) is 1.72. The van der Waals surface area contributed by atoms with Gasteiger partial charge >= 0.3 is 0 Å². The van der Waals surface area contributed by atoms with E-state index in [4.69, 9.17) is 11.5 Å². The molecule has 0 aliphatic carbocycles. The number of benzene rings is 2. The molecule has 9 heteroatoms. The van der Waals surface area contributed by atoms with Crippen molar-refractivity contribution >= 4 is 17.7 Å². The van der Waals surface area contributed by atoms with Crippen LogP contribution in [0.3, 0.4) is 0 Å². The first-order chi connectivity index (χ1) is 17.7. The molecule has 0 bridgehead atoms. The highest BCUT2D eigenvalue weighted by Gasteiger charge is 2.30. The Morgan fingerprint density at radius 1 is 0.892 bits per heavy atom. The van der Waals surface area contributed by atoms with Crippen molar-refractivity contribution < 1.29 is 19.5 Å². The van der Waals surface area contributed by atoms with Crippen molar-refractivity contribution in [3.63, 3.8) is 0 Å². The van der Waals surface area contributed by atoms with Crippen LogP contribution in [0, 0.1) is 5.92 Å². The molecule has 0 aliphatic rings. The monoisotopic (exact) mass is 511 g/mol. The lowest BCUT2D eigenvalue weighted by molar-refractivity contribution is -0.133. The third-order valence-electron chi connectivity index (χ3n) is 6.42. The molecule has 0 aliphatic heterocycles. The summed E-state index contributed by atoms with van der Waals surface area (Å²) in [6, 6.07) is 13.4. The van der Waals surface area contributed by atoms with Gasteiger partial charge in [-0.2, -0.15) is 0 Å². The van der Waals surface area contributed by atoms with Crippen LogP contribution >= 0.6 is 0 Å². The zero-order valence-corrected chi connectivity index (χ0v) is 21.8. The molecule has 2 rings (SSSR count). The third-order valence-corrected chi connectivity index (χ3v) is 6.42. The molecule has 0 aromatic heterocycles. The van der Waals surface area contributed by atoms with E-state index >= 15 is 0 Å². The number of rotatable bonds is 15. The Hall–Kier alpha value is -3.43. The topological polar surface area (TPSA) is 160 Å². The second-order valence-corrected chi connectivity index (χ2v) is 9.40. The number of carbonyl (C=O) groups is 3. The van der Waals surface area contributed by atoms with Crippen LogP contribution in [-0.2, 0) is 27.3 Å². The summed E-state index contributed by atoms with van der Waals surface area (Å²) in [5.41, 5.74) is 13.3. The van der Waals surface area contributed by atoms with Crippen molar-refractivity contribution in [2.24, 2.45) is 17.4 Å². The number of hydrogen-bond acceptors (Lipinski definition) is 6. The van der Waals surface area contributed by atoms with E-state index in [0.717, 1.165) is 17.5 Å². The van der Waals surface area contributed by atoms with E-state index in [1.165, 1.54) is 12.1 Å². The van der Waals surface area contributed by atoms with Gasteiger partial charge in [0.05, 0.1) is 6.04 Å². The lowest BCUT2D eigenvalue weighted by Crippen LogP contribution is -2.57. The number of carbonyl (C=O) groups excluding carboxylic acids is 3. The number of amides is 3. The largest absolute Gasteiger partial charge is 0.508 e. The first-order valence-electron chi connectivity index (χ1n) is 12.9. The normalized spacial score (nSPS) is 14.2. The van der Waals surface area contributed by atoms with Crippen molar-refractivity contribution in [1.29, 1.82) is 0 Å². The molecule has 0 fully saturated rings. The molecule has 0 heterocycles. The minimum Gasteiger partial charge on any atom is -0.508 e. The molecule has 202 valence electrons. The van der Waals surface area contributed by atoms with Gasteiger partial charge in [0.2, 0.25) is 17.7 Å². The SMILES string of the molecule is CC[C@H](C)[C@H](NC(=O)[C@H](Cc1ccc(O)cc1)NC(=O)[C@@H](N)CCCCN)C(=O)NCc1ccccc1. The van der Waals surface area contributed by atoms with Crippen molar-refractivity contribution in [2.45, 2.75) is 70.6 Å². The summed E-state index contributed by atoms with van der Waals surface area (Å²) in [5.74, 6) is -1.24. The Bertz CT molecular complexity index is 984. The zero-order valence-electron chi connectivity index (χ0n) is 21.8. The highest BCUT2D eigenvalue weighted by atomic mass is 16.3. The maximum absolute atomic E-state index is 13.4. The van der Waals surface area contributed by atoms with Crippen molar-refractivity contribution in [3.05, 3.63) is 65.7 Å². The van der Waals surface area contributed by atoms with Gasteiger partial charge in [0.25, 0.3) is 0 Å². The van der Waals surface area contributed by atoms with Crippen LogP contribution in [0.15, 0.2) is 54.6 Å². The number of nitrogens with two attached hydrogens (primary N) is 2. The number of nitrogens with one attached hydrogen (secondary N) is 3. The zero-order chi connectivity index (χ0) is 27.2. The molecule has 0 unspecified atom stereocenters. The Morgan fingerprint density at radius 3 is 2.19 bits per heavy atom. The van der Waals surface area contributed by atoms with Gasteiger partial charge in [-0.05, 0) is 48.6 Å². The minimum atomic E-state index is -0.953. The molecule has 8 N–H and O–H groups in total. The van der Waals surface area contributed by atoms with Crippen molar-refractivity contribution in [2.75, 3.05) is 6.54 Å². The molecule has 37 heavy (non-hydrogen) atoms. The minimum absolute atomic E-state index is 0.0997. The van der Waals surface area contributed by atoms with Crippen LogP contribution in [0.2, 0.25) is 0 Å². The molecule has 4 atom stereocenters. The summed E-state index contributed by atoms with van der Waals surface area (Å²) in [6.07, 6.45) is 2.76. The van der Waals surface area contributed by atoms with Gasteiger partial charge in [0.1, 0.15) is 17.8 Å². The summed E-state index contributed by atoms with van der Waals surface area (Å²) in [5, 5.41) is 18.1. The first kappa shape index (κ1) is 29.8. The van der Waals surface area contributed by atoms with Gasteiger partial charge in [0, 0.05) is 13.0 Å². The lowest BCUT2D eigenvalue weighted by Gasteiger charge is -2.27. The maximum atomic E-state index is 13.4. The Balaban J connectivity index is 2.15. The summed E-state index contributed by atoms with van der Waals surface area (Å²) >= 11 is 0. The summed E-state index contributed by atoms with van der Waals surface area (Å²) in [4.78, 5) is 39.3. The van der Waals surface area contributed by atoms with Gasteiger partial charge in [-0.15, -0.1) is 0 Å². The fourth-order valence-electron chi connectivity index (χ4n) is 3.85. The average Bonchev–Trinajstić information content (AvgIpc) is 2.91. The number of phenolic OH excluding ortho intramolecular Hbond substituents is 1. The van der Waals surface area contributed by atoms with Crippen molar-refractivity contribution in [1.82, 2.24) is 16.0 Å². The summed E-state index contributed by atoms with van der Waals surface area (Å²) in [6.45, 7) is 4.70. The summed E-state index contributed by atoms with van der Waals surface area (Å²) < 4.78 is 0. The maximum Gasteiger partial charge on any atom is 0.243 e. The van der Waals surface area contributed by atoms with E-state index in [1.807, 2.05) is 44.2 Å². The lowest BCUT2D eigenvalue weighted by atomic mass is 9.97. The second-order valence-electron chi connectivity index (χ2n) is 9.40. The smallest absolute Gasteiger partial charge is 0.243 e. The van der Waals surface area contributed by atoms with E-state index in [2.05, 4.69) is 16.0 Å². The highest BCUT2D eigenvalue weighted by Crippen LogP contribution is 2.13. The Morgan fingerprint density at radius 2 is 1.57 bits per heavy atom. The quantitative estimate of drug-likeness (QED) is 0.200. The molecule has 3 amide bonds. The molecule has 9 nitrogen and oxygen atoms in total. The predicted molar refractivity (Wildman–Crippen MR) is 144 cm³/mol. The van der Waals surface area contributed by atoms with E-state index in [-0.39, 0.29) is 24.0 Å². The highest BCUT2D eigenvalue weighted by molar-refractivity contribution is 5.93. The van der Waals surface area contributed by atoms with Crippen LogP contribution in [0.4, 0.5) is 0 Å². The van der Waals surface area contributed by atoms with Crippen molar-refractivity contribution in [3.8, 4) is 5.75 Å². The van der Waals surface area contributed by atoms with E-state index in [1.54, 1.807) is 12.1 Å². The number of phenols is 1. The fraction of sp³-hybridized carbons (Fsp3) is 0.464. The van der Waals surface area contributed by atoms with Gasteiger partial charge in [-0.25, -0.2) is 0 Å². The van der Waals surface area contributed by atoms with E-state index < -0.39 is 29.9 Å². The molecule has 2 aromatic rings. The Kier molecular flexibility index (Phi) is 12.6. The second kappa shape index (κ2) is 15.6. The van der Waals surface area contributed by atoms with Gasteiger partial charge in [0.15, 0.2) is 0 Å². The van der Waals surface area contributed by atoms with E-state index in [0.29, 0.717) is 32.4 Å². The van der Waals surface area contributed by atoms with Gasteiger partial charge < -0.3 is 32.5 Å². The van der Waals surface area contributed by atoms with Crippen LogP contribution in [0.5, 0.6) is 5.75 Å². The van der Waals surface area contributed by atoms with Crippen LogP contribution < -0.4 is 27.4 Å². The molecule has 0 radical (unpaired) electrons. The summed E-state index contributed by atoms with van der Waals surface area (Å²) in [7, 11) is 0. The van der Waals surface area contributed by atoms with Crippen LogP contribution in [0.25, 0.3) is 0 Å².